The van der Waals surface area contributed by atoms with Crippen molar-refractivity contribution in [3.63, 3.8) is 0 Å². The molecule has 8 nitrogen and oxygen atoms in total. The Bertz CT molecular complexity index is 474. The van der Waals surface area contributed by atoms with E-state index in [1.807, 2.05) is 0 Å². The molecule has 0 saturated carbocycles. The van der Waals surface area contributed by atoms with Crippen LogP contribution in [0.25, 0.3) is 0 Å². The summed E-state index contributed by atoms with van der Waals surface area (Å²) in [6.07, 6.45) is 3.42. The number of nitrogens with one attached hydrogen (secondary N) is 1. The second-order valence-corrected chi connectivity index (χ2v) is 5.77. The van der Waals surface area contributed by atoms with Gasteiger partial charge in [0, 0.05) is 33.5 Å². The average molecular weight is 292 g/mol. The van der Waals surface area contributed by atoms with Gasteiger partial charge in [-0.25, -0.2) is 0 Å². The van der Waals surface area contributed by atoms with E-state index in [9.17, 15) is 8.42 Å². The Morgan fingerprint density at radius 2 is 2.32 bits per heavy atom. The van der Waals surface area contributed by atoms with Crippen molar-refractivity contribution in [1.82, 2.24) is 14.1 Å². The Kier molecular flexibility index (Phi) is 6.22. The van der Waals surface area contributed by atoms with Crippen LogP contribution >= 0.6 is 0 Å². The van der Waals surface area contributed by atoms with E-state index < -0.39 is 10.2 Å². The molecular formula is C10H20N4O4S. The fourth-order valence-electron chi connectivity index (χ4n) is 1.36. The number of hydrogen-bond donors (Lipinski definition) is 2. The normalized spacial score (nSPS) is 12.0. The Morgan fingerprint density at radius 3 is 2.95 bits per heavy atom. The highest BCUT2D eigenvalue weighted by Crippen LogP contribution is 2.09. The molecule has 0 bridgehead atoms. The summed E-state index contributed by atoms with van der Waals surface area (Å²) in [6, 6.07) is 0. The summed E-state index contributed by atoms with van der Waals surface area (Å²) >= 11 is 0. The number of aliphatic hydroxyl groups excluding tert-OH is 1. The Morgan fingerprint density at radius 1 is 1.58 bits per heavy atom. The molecule has 19 heavy (non-hydrogen) atoms. The molecule has 2 N–H and O–H groups in total. The van der Waals surface area contributed by atoms with Crippen molar-refractivity contribution in [2.24, 2.45) is 0 Å². The van der Waals surface area contributed by atoms with E-state index in [4.69, 9.17) is 9.84 Å². The van der Waals surface area contributed by atoms with Gasteiger partial charge in [0.25, 0.3) is 0 Å². The van der Waals surface area contributed by atoms with Gasteiger partial charge in [-0.1, -0.05) is 0 Å². The fraction of sp³-hybridized carbons (Fsp3) is 0.700. The number of ether oxygens (including phenoxy) is 1. The molecule has 0 aliphatic rings. The maximum absolute atomic E-state index is 11.9. The summed E-state index contributed by atoms with van der Waals surface area (Å²) in [5, 5.41) is 12.7. The molecule has 110 valence electrons. The highest BCUT2D eigenvalue weighted by Gasteiger charge is 2.17. The quantitative estimate of drug-likeness (QED) is 0.639. The summed E-state index contributed by atoms with van der Waals surface area (Å²) in [7, 11) is -0.567. The zero-order valence-corrected chi connectivity index (χ0v) is 11.9. The zero-order valence-electron chi connectivity index (χ0n) is 11.1. The molecule has 0 saturated heterocycles. The molecule has 1 heterocycles. The molecule has 0 spiro atoms. The van der Waals surface area contributed by atoms with Crippen LogP contribution in [0.5, 0.6) is 0 Å². The largest absolute Gasteiger partial charge is 0.396 e. The number of anilines is 1. The van der Waals surface area contributed by atoms with Gasteiger partial charge in [-0.3, -0.25) is 9.40 Å². The second-order valence-electron chi connectivity index (χ2n) is 3.99. The lowest BCUT2D eigenvalue weighted by molar-refractivity contribution is 0.183. The lowest BCUT2D eigenvalue weighted by atomic mass is 10.5. The molecule has 0 unspecified atom stereocenters. The van der Waals surface area contributed by atoms with Crippen LogP contribution in [-0.2, 0) is 21.5 Å². The smallest absolute Gasteiger partial charge is 0.301 e. The lowest BCUT2D eigenvalue weighted by Gasteiger charge is -2.16. The third-order valence-electron chi connectivity index (χ3n) is 2.45. The van der Waals surface area contributed by atoms with Crippen LogP contribution in [0.1, 0.15) is 6.42 Å². The molecule has 0 fully saturated rings. The van der Waals surface area contributed by atoms with Gasteiger partial charge in [-0.15, -0.1) is 0 Å². The SMILES string of the molecule is COCCn1cc(NS(=O)(=O)N(C)CCCO)cn1. The average Bonchev–Trinajstić information content (AvgIpc) is 2.80. The molecule has 0 radical (unpaired) electrons. The van der Waals surface area contributed by atoms with Crippen molar-refractivity contribution in [1.29, 1.82) is 0 Å². The minimum Gasteiger partial charge on any atom is -0.396 e. The molecule has 1 aromatic heterocycles. The van der Waals surface area contributed by atoms with E-state index >= 15 is 0 Å². The topological polar surface area (TPSA) is 96.7 Å². The van der Waals surface area contributed by atoms with Crippen LogP contribution in [0.4, 0.5) is 5.69 Å². The predicted octanol–water partition coefficient (Wildman–Crippen LogP) is -0.500. The van der Waals surface area contributed by atoms with Crippen molar-refractivity contribution in [3.05, 3.63) is 12.4 Å². The first-order valence-electron chi connectivity index (χ1n) is 5.86. The van der Waals surface area contributed by atoms with E-state index in [0.29, 0.717) is 25.3 Å². The number of aliphatic hydroxyl groups is 1. The van der Waals surface area contributed by atoms with Crippen molar-refractivity contribution in [2.45, 2.75) is 13.0 Å². The van der Waals surface area contributed by atoms with Gasteiger partial charge < -0.3 is 9.84 Å². The monoisotopic (exact) mass is 292 g/mol. The number of nitrogens with zero attached hydrogens (tertiary/aromatic N) is 3. The van der Waals surface area contributed by atoms with Gasteiger partial charge >= 0.3 is 10.2 Å². The number of methoxy groups -OCH3 is 1. The molecule has 1 aromatic rings. The minimum absolute atomic E-state index is 0.0468. The summed E-state index contributed by atoms with van der Waals surface area (Å²) in [5.74, 6) is 0. The van der Waals surface area contributed by atoms with Crippen LogP contribution in [0.15, 0.2) is 12.4 Å². The Hall–Kier alpha value is -1.16. The molecule has 0 atom stereocenters. The van der Waals surface area contributed by atoms with Gasteiger partial charge in [-0.05, 0) is 6.42 Å². The van der Waals surface area contributed by atoms with Gasteiger partial charge in [0.15, 0.2) is 0 Å². The molecule has 0 aliphatic carbocycles. The van der Waals surface area contributed by atoms with Crippen LogP contribution < -0.4 is 4.72 Å². The maximum Gasteiger partial charge on any atom is 0.301 e. The summed E-state index contributed by atoms with van der Waals surface area (Å²) in [6.45, 7) is 1.27. The lowest BCUT2D eigenvalue weighted by Crippen LogP contribution is -2.33. The summed E-state index contributed by atoms with van der Waals surface area (Å²) < 4.78 is 33.9. The van der Waals surface area contributed by atoms with E-state index in [-0.39, 0.29) is 13.2 Å². The fourth-order valence-corrected chi connectivity index (χ4v) is 2.29. The summed E-state index contributed by atoms with van der Waals surface area (Å²) in [4.78, 5) is 0. The van der Waals surface area contributed by atoms with Crippen molar-refractivity contribution >= 4 is 15.9 Å². The molecule has 0 amide bonds. The molecule has 0 aromatic carbocycles. The van der Waals surface area contributed by atoms with Crippen molar-refractivity contribution in [3.8, 4) is 0 Å². The van der Waals surface area contributed by atoms with Crippen LogP contribution in [0.2, 0.25) is 0 Å². The van der Waals surface area contributed by atoms with Crippen LogP contribution in [0, 0.1) is 0 Å². The first kappa shape index (κ1) is 15.9. The van der Waals surface area contributed by atoms with E-state index in [0.717, 1.165) is 4.31 Å². The second kappa shape index (κ2) is 7.43. The van der Waals surface area contributed by atoms with Gasteiger partial charge in [-0.2, -0.15) is 17.8 Å². The Balaban J connectivity index is 2.59. The minimum atomic E-state index is -3.61. The van der Waals surface area contributed by atoms with Crippen LogP contribution in [-0.4, -0.2) is 61.5 Å². The standard InChI is InChI=1S/C10H20N4O4S/c1-13(4-3-6-15)19(16,17)12-10-8-11-14(9-10)5-7-18-2/h8-9,12,15H,3-7H2,1-2H3. The highest BCUT2D eigenvalue weighted by molar-refractivity contribution is 7.90. The van der Waals surface area contributed by atoms with E-state index in [1.54, 1.807) is 18.0 Å². The number of hydrogen-bond acceptors (Lipinski definition) is 5. The molecular weight excluding hydrogens is 272 g/mol. The number of aromatic nitrogens is 2. The van der Waals surface area contributed by atoms with E-state index in [1.165, 1.54) is 13.2 Å². The third kappa shape index (κ3) is 5.15. The zero-order chi connectivity index (χ0) is 14.3. The van der Waals surface area contributed by atoms with Gasteiger partial charge in [0.1, 0.15) is 0 Å². The van der Waals surface area contributed by atoms with E-state index in [2.05, 4.69) is 9.82 Å². The maximum atomic E-state index is 11.9. The van der Waals surface area contributed by atoms with Crippen LogP contribution in [0.3, 0.4) is 0 Å². The molecule has 1 rings (SSSR count). The third-order valence-corrected chi connectivity index (χ3v) is 3.94. The Labute approximate surface area is 113 Å². The van der Waals surface area contributed by atoms with Gasteiger partial charge in [0.2, 0.25) is 0 Å². The van der Waals surface area contributed by atoms with Crippen molar-refractivity contribution < 1.29 is 18.3 Å². The predicted molar refractivity (Wildman–Crippen MR) is 71.0 cm³/mol. The number of rotatable bonds is 9. The van der Waals surface area contributed by atoms with Gasteiger partial charge in [0.05, 0.1) is 25.0 Å². The molecule has 9 heteroatoms. The molecule has 0 aliphatic heterocycles. The summed E-state index contributed by atoms with van der Waals surface area (Å²) in [5.41, 5.74) is 0.395. The van der Waals surface area contributed by atoms with Crippen molar-refractivity contribution in [2.75, 3.05) is 38.6 Å². The first-order valence-corrected chi connectivity index (χ1v) is 7.30. The highest BCUT2D eigenvalue weighted by atomic mass is 32.2. The first-order chi connectivity index (χ1) is 8.99.